The van der Waals surface area contributed by atoms with E-state index in [0.717, 1.165) is 24.1 Å². The topological polar surface area (TPSA) is 46.0 Å². The first-order chi connectivity index (χ1) is 11.3. The molecule has 4 rings (SSSR count). The molecule has 2 aliphatic rings. The predicted molar refractivity (Wildman–Crippen MR) is 85.7 cm³/mol. The van der Waals surface area contributed by atoms with Crippen molar-refractivity contribution in [3.8, 4) is 5.69 Å². The third kappa shape index (κ3) is 3.43. The van der Waals surface area contributed by atoms with Crippen LogP contribution < -0.4 is 5.32 Å². The fourth-order valence-corrected chi connectivity index (χ4v) is 3.40. The van der Waals surface area contributed by atoms with Crippen LogP contribution in [0.25, 0.3) is 5.69 Å². The Morgan fingerprint density at radius 1 is 1.26 bits per heavy atom. The zero-order chi connectivity index (χ0) is 15.6. The maximum atomic E-state index is 14.2. The monoisotopic (exact) mass is 315 g/mol. The van der Waals surface area contributed by atoms with Crippen molar-refractivity contribution >= 4 is 0 Å². The maximum absolute atomic E-state index is 14.2. The van der Waals surface area contributed by atoms with Gasteiger partial charge in [0, 0.05) is 19.1 Å². The fraction of sp³-hybridized carbons (Fsp3) is 0.529. The minimum Gasteiger partial charge on any atom is -0.312 e. The minimum atomic E-state index is -0.268. The van der Waals surface area contributed by atoms with Crippen molar-refractivity contribution in [3.05, 3.63) is 42.2 Å². The largest absolute Gasteiger partial charge is 0.312 e. The molecule has 1 atom stereocenters. The Kier molecular flexibility index (Phi) is 4.10. The normalized spacial score (nSPS) is 21.9. The number of rotatable bonds is 6. The van der Waals surface area contributed by atoms with E-state index in [0.29, 0.717) is 12.2 Å². The van der Waals surface area contributed by atoms with Crippen LogP contribution >= 0.6 is 0 Å². The second-order valence-corrected chi connectivity index (χ2v) is 6.64. The Bertz CT molecular complexity index is 653. The number of hydrogen-bond acceptors (Lipinski definition) is 4. The van der Waals surface area contributed by atoms with E-state index >= 15 is 0 Å². The first-order valence-electron chi connectivity index (χ1n) is 8.38. The molecule has 0 amide bonds. The molecule has 5 nitrogen and oxygen atoms in total. The average Bonchev–Trinajstić information content (AvgIpc) is 3.07. The summed E-state index contributed by atoms with van der Waals surface area (Å²) in [5.41, 5.74) is 1.39. The summed E-state index contributed by atoms with van der Waals surface area (Å²) in [5, 5.41) is 7.44. The molecule has 2 heterocycles. The lowest BCUT2D eigenvalue weighted by molar-refractivity contribution is 0.312. The van der Waals surface area contributed by atoms with Crippen LogP contribution in [0.2, 0.25) is 0 Å². The van der Waals surface area contributed by atoms with Gasteiger partial charge >= 0.3 is 0 Å². The second-order valence-electron chi connectivity index (χ2n) is 6.64. The molecular formula is C17H22FN5. The SMILES string of the molecule is Fc1cc(CNC[C@@H]2CCN(C3CC3)C2)ccc1-n1cncn1. The van der Waals surface area contributed by atoms with Gasteiger partial charge in [-0.25, -0.2) is 14.1 Å². The average molecular weight is 315 g/mol. The Morgan fingerprint density at radius 2 is 2.17 bits per heavy atom. The Labute approximate surface area is 135 Å². The van der Waals surface area contributed by atoms with Gasteiger partial charge in [0.1, 0.15) is 24.2 Å². The van der Waals surface area contributed by atoms with Crippen LogP contribution in [0.4, 0.5) is 4.39 Å². The summed E-state index contributed by atoms with van der Waals surface area (Å²) in [5.74, 6) is 0.463. The van der Waals surface area contributed by atoms with Crippen LogP contribution in [-0.2, 0) is 6.54 Å². The summed E-state index contributed by atoms with van der Waals surface area (Å²) in [6.45, 7) is 4.18. The summed E-state index contributed by atoms with van der Waals surface area (Å²) in [6, 6.07) is 6.15. The lowest BCUT2D eigenvalue weighted by Gasteiger charge is -2.15. The van der Waals surface area contributed by atoms with Gasteiger partial charge in [-0.1, -0.05) is 6.07 Å². The van der Waals surface area contributed by atoms with E-state index in [-0.39, 0.29) is 5.82 Å². The van der Waals surface area contributed by atoms with Gasteiger partial charge in [-0.15, -0.1) is 0 Å². The molecule has 23 heavy (non-hydrogen) atoms. The van der Waals surface area contributed by atoms with E-state index in [4.69, 9.17) is 0 Å². The van der Waals surface area contributed by atoms with Gasteiger partial charge in [-0.05, 0) is 56.0 Å². The third-order valence-corrected chi connectivity index (χ3v) is 4.82. The van der Waals surface area contributed by atoms with E-state index in [1.165, 1.54) is 49.7 Å². The highest BCUT2D eigenvalue weighted by atomic mass is 19.1. The van der Waals surface area contributed by atoms with E-state index in [9.17, 15) is 4.39 Å². The van der Waals surface area contributed by atoms with Gasteiger partial charge in [0.05, 0.1) is 0 Å². The lowest BCUT2D eigenvalue weighted by atomic mass is 10.1. The number of halogens is 1. The first kappa shape index (κ1) is 14.8. The minimum absolute atomic E-state index is 0.268. The van der Waals surface area contributed by atoms with Crippen LogP contribution in [0.3, 0.4) is 0 Å². The highest BCUT2D eigenvalue weighted by Gasteiger charge is 2.33. The Balaban J connectivity index is 1.28. The van der Waals surface area contributed by atoms with Crippen molar-refractivity contribution in [1.82, 2.24) is 25.0 Å². The Morgan fingerprint density at radius 3 is 2.91 bits per heavy atom. The molecule has 6 heteroatoms. The second kappa shape index (κ2) is 6.37. The van der Waals surface area contributed by atoms with E-state index in [1.54, 1.807) is 12.1 Å². The molecule has 1 aromatic heterocycles. The number of likely N-dealkylation sites (tertiary alicyclic amines) is 1. The predicted octanol–water partition coefficient (Wildman–Crippen LogP) is 1.98. The summed E-state index contributed by atoms with van der Waals surface area (Å²) in [4.78, 5) is 6.47. The zero-order valence-electron chi connectivity index (χ0n) is 13.2. The van der Waals surface area contributed by atoms with Crippen LogP contribution in [-0.4, -0.2) is 45.3 Å². The fourth-order valence-electron chi connectivity index (χ4n) is 3.40. The highest BCUT2D eigenvalue weighted by molar-refractivity contribution is 5.35. The number of hydrogen-bond donors (Lipinski definition) is 1. The van der Waals surface area contributed by atoms with Crippen molar-refractivity contribution in [1.29, 1.82) is 0 Å². The molecule has 1 aliphatic carbocycles. The molecule has 1 aromatic carbocycles. The molecule has 2 aromatic rings. The van der Waals surface area contributed by atoms with Gasteiger partial charge in [0.2, 0.25) is 0 Å². The quantitative estimate of drug-likeness (QED) is 0.885. The molecule has 0 radical (unpaired) electrons. The molecular weight excluding hydrogens is 293 g/mol. The van der Waals surface area contributed by atoms with Crippen molar-refractivity contribution in [2.45, 2.75) is 31.8 Å². The van der Waals surface area contributed by atoms with E-state index < -0.39 is 0 Å². The van der Waals surface area contributed by atoms with Gasteiger partial charge in [-0.2, -0.15) is 5.10 Å². The van der Waals surface area contributed by atoms with Crippen LogP contribution in [0.5, 0.6) is 0 Å². The molecule has 1 saturated carbocycles. The van der Waals surface area contributed by atoms with Crippen molar-refractivity contribution in [3.63, 3.8) is 0 Å². The molecule has 122 valence electrons. The summed E-state index contributed by atoms with van der Waals surface area (Å²) >= 11 is 0. The van der Waals surface area contributed by atoms with E-state index in [1.807, 2.05) is 6.07 Å². The van der Waals surface area contributed by atoms with Gasteiger partial charge in [0.25, 0.3) is 0 Å². The first-order valence-corrected chi connectivity index (χ1v) is 8.38. The molecule has 0 bridgehead atoms. The molecule has 1 aliphatic heterocycles. The summed E-state index contributed by atoms with van der Waals surface area (Å²) in [7, 11) is 0. The van der Waals surface area contributed by atoms with E-state index in [2.05, 4.69) is 20.3 Å². The van der Waals surface area contributed by atoms with Crippen LogP contribution in [0.1, 0.15) is 24.8 Å². The van der Waals surface area contributed by atoms with Crippen LogP contribution in [0.15, 0.2) is 30.9 Å². The standard InChI is InChI=1S/C17H22FN5/c18-16-7-13(1-4-17(16)23-12-20-11-21-23)8-19-9-14-5-6-22(10-14)15-2-3-15/h1,4,7,11-12,14-15,19H,2-3,5-6,8-10H2/t14-/m0/s1. The zero-order valence-corrected chi connectivity index (χ0v) is 13.2. The number of nitrogens with zero attached hydrogens (tertiary/aromatic N) is 4. The van der Waals surface area contributed by atoms with Crippen molar-refractivity contribution < 1.29 is 4.39 Å². The third-order valence-electron chi connectivity index (χ3n) is 4.82. The summed E-state index contributed by atoms with van der Waals surface area (Å²) in [6.07, 6.45) is 6.96. The highest BCUT2D eigenvalue weighted by Crippen LogP contribution is 2.31. The van der Waals surface area contributed by atoms with Crippen molar-refractivity contribution in [2.24, 2.45) is 5.92 Å². The smallest absolute Gasteiger partial charge is 0.149 e. The lowest BCUT2D eigenvalue weighted by Crippen LogP contribution is -2.27. The maximum Gasteiger partial charge on any atom is 0.149 e. The van der Waals surface area contributed by atoms with Crippen LogP contribution in [0, 0.1) is 11.7 Å². The van der Waals surface area contributed by atoms with Gasteiger partial charge in [-0.3, -0.25) is 0 Å². The molecule has 1 N–H and O–H groups in total. The molecule has 0 spiro atoms. The Hall–Kier alpha value is -1.79. The molecule has 1 saturated heterocycles. The van der Waals surface area contributed by atoms with Gasteiger partial charge in [0.15, 0.2) is 0 Å². The number of nitrogens with one attached hydrogen (secondary N) is 1. The van der Waals surface area contributed by atoms with Crippen molar-refractivity contribution in [2.75, 3.05) is 19.6 Å². The number of aromatic nitrogens is 3. The summed E-state index contributed by atoms with van der Waals surface area (Å²) < 4.78 is 15.6. The van der Waals surface area contributed by atoms with Gasteiger partial charge < -0.3 is 10.2 Å². The number of benzene rings is 1. The molecule has 2 fully saturated rings. The molecule has 0 unspecified atom stereocenters.